The Morgan fingerprint density at radius 1 is 1.12 bits per heavy atom. The fraction of sp³-hybridized carbons (Fsp3) is 0.393. The van der Waals surface area contributed by atoms with Crippen molar-refractivity contribution in [1.29, 1.82) is 0 Å². The molecule has 2 atom stereocenters. The van der Waals surface area contributed by atoms with Gasteiger partial charge in [0.15, 0.2) is 6.73 Å². The molecule has 0 bridgehead atoms. The van der Waals surface area contributed by atoms with E-state index in [0.717, 1.165) is 29.2 Å². The largest absolute Gasteiger partial charge is 0.443 e. The topological polar surface area (TPSA) is 125 Å². The fourth-order valence-corrected chi connectivity index (χ4v) is 4.81. The molecule has 0 saturated carbocycles. The molecule has 1 fully saturated rings. The van der Waals surface area contributed by atoms with Crippen molar-refractivity contribution in [2.24, 2.45) is 0 Å². The Labute approximate surface area is 233 Å². The fourth-order valence-electron chi connectivity index (χ4n) is 4.81. The van der Waals surface area contributed by atoms with Crippen LogP contribution in [0.3, 0.4) is 0 Å². The van der Waals surface area contributed by atoms with Gasteiger partial charge in [-0.2, -0.15) is 8.78 Å². The first-order valence-electron chi connectivity index (χ1n) is 13.0. The zero-order chi connectivity index (χ0) is 29.9. The number of carbonyl (C=O) groups is 5. The van der Waals surface area contributed by atoms with Gasteiger partial charge in [-0.15, -0.1) is 0 Å². The van der Waals surface area contributed by atoms with Crippen LogP contribution in [0.2, 0.25) is 0 Å². The van der Waals surface area contributed by atoms with Crippen LogP contribution in [-0.2, 0) is 42.9 Å². The normalized spacial score (nSPS) is 17.9. The molecule has 4 amide bonds. The number of piperidine rings is 1. The van der Waals surface area contributed by atoms with Crippen LogP contribution in [-0.4, -0.2) is 65.3 Å². The lowest BCUT2D eigenvalue weighted by Gasteiger charge is -2.35. The van der Waals surface area contributed by atoms with Crippen molar-refractivity contribution < 1.29 is 41.9 Å². The number of alkyl halides is 2. The van der Waals surface area contributed by atoms with Crippen molar-refractivity contribution >= 4 is 29.6 Å². The summed E-state index contributed by atoms with van der Waals surface area (Å²) in [6.07, 6.45) is 0.511. The Balaban J connectivity index is 1.40. The molecule has 2 aromatic rings. The van der Waals surface area contributed by atoms with Gasteiger partial charge < -0.3 is 20.3 Å². The number of carbonyl (C=O) groups excluding carboxylic acids is 5. The number of hydrogen-bond acceptors (Lipinski definition) is 7. The van der Waals surface area contributed by atoms with Crippen molar-refractivity contribution in [3.05, 3.63) is 70.5 Å². The minimum Gasteiger partial charge on any atom is -0.443 e. The highest BCUT2D eigenvalue weighted by atomic mass is 19.3. The van der Waals surface area contributed by atoms with E-state index < -0.39 is 65.7 Å². The van der Waals surface area contributed by atoms with Crippen LogP contribution < -0.4 is 10.6 Å². The zero-order valence-corrected chi connectivity index (χ0v) is 22.4. The minimum atomic E-state index is -3.89. The summed E-state index contributed by atoms with van der Waals surface area (Å²) < 4.78 is 47.2. The number of likely N-dealkylation sites (tertiary alicyclic amines) is 1. The van der Waals surface area contributed by atoms with Crippen LogP contribution in [0, 0.1) is 5.82 Å². The molecule has 0 radical (unpaired) electrons. The maximum Gasteiger partial charge on any atom is 0.349 e. The first-order valence-corrected chi connectivity index (χ1v) is 13.0. The molecule has 4 rings (SSSR count). The molecule has 2 N–H and O–H groups in total. The second-order valence-corrected chi connectivity index (χ2v) is 9.74. The van der Waals surface area contributed by atoms with E-state index in [1.807, 2.05) is 0 Å². The van der Waals surface area contributed by atoms with Gasteiger partial charge in [-0.05, 0) is 61.3 Å². The van der Waals surface area contributed by atoms with E-state index in [2.05, 4.69) is 10.6 Å². The third-order valence-corrected chi connectivity index (χ3v) is 7.18. The Hall–Kier alpha value is -4.26. The Kier molecular flexibility index (Phi) is 8.76. The second kappa shape index (κ2) is 12.1. The monoisotopic (exact) mass is 574 g/mol. The Bertz CT molecular complexity index is 1360. The Morgan fingerprint density at radius 3 is 2.49 bits per heavy atom. The molecule has 2 heterocycles. The van der Waals surface area contributed by atoms with Gasteiger partial charge in [0.1, 0.15) is 17.9 Å². The number of nitrogens with one attached hydrogen (secondary N) is 2. The Morgan fingerprint density at radius 2 is 1.83 bits per heavy atom. The lowest BCUT2D eigenvalue weighted by Crippen LogP contribution is -2.55. The van der Waals surface area contributed by atoms with E-state index in [4.69, 9.17) is 4.74 Å². The number of amides is 4. The van der Waals surface area contributed by atoms with Crippen LogP contribution in [0.15, 0.2) is 42.5 Å². The summed E-state index contributed by atoms with van der Waals surface area (Å²) in [7, 11) is 1.59. The van der Waals surface area contributed by atoms with E-state index in [9.17, 15) is 37.1 Å². The first kappa shape index (κ1) is 29.7. The van der Waals surface area contributed by atoms with Gasteiger partial charge in [-0.25, -0.2) is 9.29 Å². The molecule has 2 unspecified atom stereocenters. The highest BCUT2D eigenvalue weighted by molar-refractivity contribution is 6.05. The molecule has 2 aliphatic rings. The number of esters is 1. The number of benzene rings is 2. The molecular weight excluding hydrogens is 545 g/mol. The van der Waals surface area contributed by atoms with E-state index >= 15 is 0 Å². The van der Waals surface area contributed by atoms with Crippen LogP contribution in [0.5, 0.6) is 0 Å². The number of rotatable bonds is 10. The second-order valence-electron chi connectivity index (χ2n) is 9.74. The van der Waals surface area contributed by atoms with Crippen molar-refractivity contribution in [2.45, 2.75) is 57.3 Å². The molecule has 2 aromatic carbocycles. The highest BCUT2D eigenvalue weighted by Gasteiger charge is 2.43. The third-order valence-electron chi connectivity index (χ3n) is 7.18. The summed E-state index contributed by atoms with van der Waals surface area (Å²) in [6, 6.07) is 6.34. The van der Waals surface area contributed by atoms with E-state index in [1.54, 1.807) is 20.0 Å². The van der Waals surface area contributed by atoms with Gasteiger partial charge in [0.2, 0.25) is 5.91 Å². The number of fused-ring (bicyclic) bond motifs is 1. The van der Waals surface area contributed by atoms with Crippen molar-refractivity contribution in [2.75, 3.05) is 13.8 Å². The van der Waals surface area contributed by atoms with E-state index in [-0.39, 0.29) is 25.9 Å². The maximum absolute atomic E-state index is 14.5. The van der Waals surface area contributed by atoms with Crippen LogP contribution >= 0.6 is 0 Å². The minimum absolute atomic E-state index is 0.0254. The smallest absolute Gasteiger partial charge is 0.349 e. The number of hydrogen-bond donors (Lipinski definition) is 2. The van der Waals surface area contributed by atoms with Gasteiger partial charge in [0.05, 0.1) is 0 Å². The third kappa shape index (κ3) is 6.09. The van der Waals surface area contributed by atoms with Crippen LogP contribution in [0.1, 0.15) is 53.2 Å². The van der Waals surface area contributed by atoms with Gasteiger partial charge in [0.25, 0.3) is 17.7 Å². The number of imide groups is 1. The predicted molar refractivity (Wildman–Crippen MR) is 137 cm³/mol. The molecule has 218 valence electrons. The van der Waals surface area contributed by atoms with Crippen LogP contribution in [0.25, 0.3) is 0 Å². The van der Waals surface area contributed by atoms with Gasteiger partial charge in [0, 0.05) is 30.6 Å². The van der Waals surface area contributed by atoms with Gasteiger partial charge >= 0.3 is 11.9 Å². The lowest BCUT2D eigenvalue weighted by molar-refractivity contribution is -0.165. The number of halogens is 3. The number of likely N-dealkylation sites (N-methyl/N-ethyl adjacent to an activating group) is 1. The van der Waals surface area contributed by atoms with Crippen LogP contribution in [0.4, 0.5) is 13.2 Å². The summed E-state index contributed by atoms with van der Waals surface area (Å²) >= 11 is 0. The summed E-state index contributed by atoms with van der Waals surface area (Å²) in [5.41, 5.74) is 0.613. The SMILES string of the molecule is CCC(NC)C(=O)OCN1C(=O)CCC(N2Cc3cc(CNC(=O)C(F)(F)c4ccc(F)cc4)ccc3C2=O)C1=O. The predicted octanol–water partition coefficient (Wildman–Crippen LogP) is 2.21. The molecular formula is C28H29F3N4O6. The van der Waals surface area contributed by atoms with Crippen molar-refractivity contribution in [1.82, 2.24) is 20.4 Å². The molecule has 2 aliphatic heterocycles. The standard InChI is InChI=1S/C28H29F3N4O6/c1-3-21(32-2)26(39)41-15-35-23(36)11-10-22(25(35)38)34-14-17-12-16(4-9-20(17)24(34)37)13-33-27(40)28(30,31)18-5-7-19(29)8-6-18/h4-9,12,21-22,32H,3,10-11,13-15H2,1-2H3,(H,33,40). The molecule has 41 heavy (non-hydrogen) atoms. The summed E-state index contributed by atoms with van der Waals surface area (Å²) in [5.74, 6) is -8.40. The molecule has 0 spiro atoms. The summed E-state index contributed by atoms with van der Waals surface area (Å²) in [4.78, 5) is 65.3. The quantitative estimate of drug-likeness (QED) is 0.329. The molecule has 0 aromatic heterocycles. The number of ether oxygens (including phenoxy) is 1. The molecule has 1 saturated heterocycles. The summed E-state index contributed by atoms with van der Waals surface area (Å²) in [5, 5.41) is 4.94. The highest BCUT2D eigenvalue weighted by Crippen LogP contribution is 2.31. The molecule has 0 aliphatic carbocycles. The number of nitrogens with zero attached hydrogens (tertiary/aromatic N) is 2. The average molecular weight is 575 g/mol. The summed E-state index contributed by atoms with van der Waals surface area (Å²) in [6.45, 7) is 0.970. The zero-order valence-electron chi connectivity index (χ0n) is 22.4. The lowest BCUT2D eigenvalue weighted by atomic mass is 10.0. The average Bonchev–Trinajstić information content (AvgIpc) is 3.27. The van der Waals surface area contributed by atoms with E-state index in [0.29, 0.717) is 23.1 Å². The van der Waals surface area contributed by atoms with Crippen molar-refractivity contribution in [3.63, 3.8) is 0 Å². The first-order chi connectivity index (χ1) is 19.5. The van der Waals surface area contributed by atoms with Gasteiger partial charge in [-0.1, -0.05) is 19.1 Å². The molecule has 10 nitrogen and oxygen atoms in total. The maximum atomic E-state index is 14.5. The van der Waals surface area contributed by atoms with E-state index in [1.165, 1.54) is 17.0 Å². The van der Waals surface area contributed by atoms with Gasteiger partial charge in [-0.3, -0.25) is 24.0 Å². The van der Waals surface area contributed by atoms with Crippen molar-refractivity contribution in [3.8, 4) is 0 Å². The molecule has 13 heteroatoms.